The van der Waals surface area contributed by atoms with Gasteiger partial charge in [-0.2, -0.15) is 0 Å². The number of piperidine rings is 1. The quantitative estimate of drug-likeness (QED) is 0.931. The molecule has 0 aliphatic carbocycles. The highest BCUT2D eigenvalue weighted by molar-refractivity contribution is 5.53. The van der Waals surface area contributed by atoms with Crippen LogP contribution in [0.1, 0.15) is 37.7 Å². The van der Waals surface area contributed by atoms with E-state index < -0.39 is 5.60 Å². The third-order valence-electron chi connectivity index (χ3n) is 6.32. The maximum atomic E-state index is 11.3. The Bertz CT molecular complexity index is 738. The van der Waals surface area contributed by atoms with E-state index in [0.717, 1.165) is 63.6 Å². The molecule has 0 radical (unpaired) electrons. The second-order valence-corrected chi connectivity index (χ2v) is 7.83. The molecule has 2 atom stereocenters. The Balaban J connectivity index is 1.47. The summed E-state index contributed by atoms with van der Waals surface area (Å²) in [7, 11) is 0. The number of ether oxygens (including phenoxy) is 1. The van der Waals surface area contributed by atoms with E-state index in [4.69, 9.17) is 9.72 Å². The summed E-state index contributed by atoms with van der Waals surface area (Å²) in [6, 6.07) is 6.26. The first kappa shape index (κ1) is 17.0. The van der Waals surface area contributed by atoms with Gasteiger partial charge in [0.2, 0.25) is 0 Å². The van der Waals surface area contributed by atoms with Crippen LogP contribution < -0.4 is 0 Å². The van der Waals surface area contributed by atoms with Crippen molar-refractivity contribution in [2.24, 2.45) is 11.8 Å². The van der Waals surface area contributed by atoms with Gasteiger partial charge in [0.1, 0.15) is 5.82 Å². The van der Waals surface area contributed by atoms with Crippen LogP contribution in [0.25, 0.3) is 5.52 Å². The van der Waals surface area contributed by atoms with Crippen molar-refractivity contribution in [1.29, 1.82) is 0 Å². The molecule has 4 rings (SSSR count). The van der Waals surface area contributed by atoms with Gasteiger partial charge >= 0.3 is 0 Å². The number of hydrogen-bond acceptors (Lipinski definition) is 4. The van der Waals surface area contributed by atoms with Crippen LogP contribution in [0.4, 0.5) is 0 Å². The Morgan fingerprint density at radius 2 is 2.12 bits per heavy atom. The third kappa shape index (κ3) is 3.09. The lowest BCUT2D eigenvalue weighted by Crippen LogP contribution is -2.55. The molecule has 136 valence electrons. The van der Waals surface area contributed by atoms with Crippen molar-refractivity contribution in [1.82, 2.24) is 14.3 Å². The number of pyridine rings is 1. The second kappa shape index (κ2) is 6.71. The zero-order chi connectivity index (χ0) is 17.4. The number of aromatic nitrogens is 2. The molecule has 4 heterocycles. The van der Waals surface area contributed by atoms with Gasteiger partial charge in [0.15, 0.2) is 0 Å². The lowest BCUT2D eigenvalue weighted by molar-refractivity contribution is -0.131. The van der Waals surface area contributed by atoms with Crippen molar-refractivity contribution in [2.75, 3.05) is 26.3 Å². The molecule has 2 fully saturated rings. The first-order valence-electron chi connectivity index (χ1n) is 9.53. The molecule has 0 bridgehead atoms. The molecule has 0 saturated carbocycles. The van der Waals surface area contributed by atoms with Gasteiger partial charge in [0, 0.05) is 39.0 Å². The smallest absolute Gasteiger partial charge is 0.110 e. The largest absolute Gasteiger partial charge is 0.389 e. The number of likely N-dealkylation sites (tertiary alicyclic amines) is 1. The van der Waals surface area contributed by atoms with Crippen LogP contribution in [0.3, 0.4) is 0 Å². The van der Waals surface area contributed by atoms with E-state index in [2.05, 4.69) is 41.5 Å². The van der Waals surface area contributed by atoms with Crippen molar-refractivity contribution >= 4 is 5.52 Å². The Hall–Kier alpha value is -1.43. The predicted octanol–water partition coefficient (Wildman–Crippen LogP) is 2.64. The molecule has 2 aliphatic heterocycles. The van der Waals surface area contributed by atoms with Crippen LogP contribution in [0, 0.1) is 18.8 Å². The summed E-state index contributed by atoms with van der Waals surface area (Å²) in [6.07, 6.45) is 4.91. The first-order chi connectivity index (χ1) is 12.1. The number of fused-ring (bicyclic) bond motifs is 1. The topological polar surface area (TPSA) is 50.0 Å². The predicted molar refractivity (Wildman–Crippen MR) is 97.5 cm³/mol. The van der Waals surface area contributed by atoms with E-state index in [0.29, 0.717) is 5.92 Å². The summed E-state index contributed by atoms with van der Waals surface area (Å²) in [5.74, 6) is 1.70. The summed E-state index contributed by atoms with van der Waals surface area (Å²) >= 11 is 0. The van der Waals surface area contributed by atoms with Gasteiger partial charge in [-0.3, -0.25) is 4.90 Å². The van der Waals surface area contributed by atoms with Crippen molar-refractivity contribution in [3.8, 4) is 0 Å². The molecule has 0 aromatic carbocycles. The molecule has 2 aromatic rings. The third-order valence-corrected chi connectivity index (χ3v) is 6.32. The SMILES string of the molecule is Cc1nc(CN2CC[C@@](O)(C3CCOCC3)[C@H](C)C2)c2ccccn12. The van der Waals surface area contributed by atoms with Gasteiger partial charge < -0.3 is 14.2 Å². The Morgan fingerprint density at radius 1 is 1.32 bits per heavy atom. The fourth-order valence-electron chi connectivity index (χ4n) is 4.76. The van der Waals surface area contributed by atoms with Gasteiger partial charge in [-0.1, -0.05) is 13.0 Å². The van der Waals surface area contributed by atoms with Crippen LogP contribution in [0.5, 0.6) is 0 Å². The van der Waals surface area contributed by atoms with E-state index >= 15 is 0 Å². The minimum Gasteiger partial charge on any atom is -0.389 e. The van der Waals surface area contributed by atoms with Crippen LogP contribution in [-0.2, 0) is 11.3 Å². The maximum Gasteiger partial charge on any atom is 0.110 e. The molecule has 0 amide bonds. The zero-order valence-electron chi connectivity index (χ0n) is 15.3. The minimum atomic E-state index is -0.535. The van der Waals surface area contributed by atoms with Gasteiger partial charge in [-0.25, -0.2) is 4.98 Å². The normalized spacial score (nSPS) is 29.3. The highest BCUT2D eigenvalue weighted by Crippen LogP contribution is 2.39. The Morgan fingerprint density at radius 3 is 2.88 bits per heavy atom. The molecule has 2 saturated heterocycles. The lowest BCUT2D eigenvalue weighted by Gasteiger charge is -2.48. The van der Waals surface area contributed by atoms with E-state index in [9.17, 15) is 5.11 Å². The molecule has 25 heavy (non-hydrogen) atoms. The average molecular weight is 343 g/mol. The molecular formula is C20H29N3O2. The van der Waals surface area contributed by atoms with E-state index in [1.165, 1.54) is 5.52 Å². The number of rotatable bonds is 3. The summed E-state index contributed by atoms with van der Waals surface area (Å²) in [6.45, 7) is 8.57. The molecule has 0 spiro atoms. The molecule has 5 heteroatoms. The molecular weight excluding hydrogens is 314 g/mol. The van der Waals surface area contributed by atoms with E-state index in [1.54, 1.807) is 0 Å². The maximum absolute atomic E-state index is 11.3. The standard InChI is InChI=1S/C20H29N3O2/c1-15-13-22(10-8-20(15,24)17-6-11-25-12-7-17)14-18-19-5-3-4-9-23(19)16(2)21-18/h3-5,9,15,17,24H,6-8,10-14H2,1-2H3/t15-,20+/m1/s1. The van der Waals surface area contributed by atoms with Crippen LogP contribution >= 0.6 is 0 Å². The molecule has 5 nitrogen and oxygen atoms in total. The summed E-state index contributed by atoms with van der Waals surface area (Å²) in [4.78, 5) is 7.23. The van der Waals surface area contributed by atoms with E-state index in [1.807, 2.05) is 6.07 Å². The highest BCUT2D eigenvalue weighted by Gasteiger charge is 2.45. The summed E-state index contributed by atoms with van der Waals surface area (Å²) in [5, 5.41) is 11.3. The summed E-state index contributed by atoms with van der Waals surface area (Å²) in [5.41, 5.74) is 1.80. The van der Waals surface area contributed by atoms with Crippen LogP contribution in [0.2, 0.25) is 0 Å². The number of hydrogen-bond donors (Lipinski definition) is 1. The van der Waals surface area contributed by atoms with Gasteiger partial charge in [0.25, 0.3) is 0 Å². The number of nitrogens with zero attached hydrogens (tertiary/aromatic N) is 3. The Labute approximate surface area is 149 Å². The first-order valence-corrected chi connectivity index (χ1v) is 9.53. The highest BCUT2D eigenvalue weighted by atomic mass is 16.5. The second-order valence-electron chi connectivity index (χ2n) is 7.83. The molecule has 0 unspecified atom stereocenters. The molecule has 2 aliphatic rings. The van der Waals surface area contributed by atoms with E-state index in [-0.39, 0.29) is 5.92 Å². The van der Waals surface area contributed by atoms with Crippen LogP contribution in [-0.4, -0.2) is 51.3 Å². The number of aryl methyl sites for hydroxylation is 1. The average Bonchev–Trinajstić information content (AvgIpc) is 2.95. The van der Waals surface area contributed by atoms with Crippen molar-refractivity contribution in [2.45, 2.75) is 45.3 Å². The Kier molecular flexibility index (Phi) is 4.56. The molecule has 1 N–H and O–H groups in total. The number of imidazole rings is 1. The van der Waals surface area contributed by atoms with Crippen LogP contribution in [0.15, 0.2) is 24.4 Å². The monoisotopic (exact) mass is 343 g/mol. The number of aliphatic hydroxyl groups is 1. The van der Waals surface area contributed by atoms with Gasteiger partial charge in [-0.05, 0) is 50.2 Å². The van der Waals surface area contributed by atoms with Crippen molar-refractivity contribution < 1.29 is 9.84 Å². The lowest BCUT2D eigenvalue weighted by atomic mass is 9.70. The zero-order valence-corrected chi connectivity index (χ0v) is 15.3. The fraction of sp³-hybridized carbons (Fsp3) is 0.650. The summed E-state index contributed by atoms with van der Waals surface area (Å²) < 4.78 is 7.64. The van der Waals surface area contributed by atoms with Crippen molar-refractivity contribution in [3.63, 3.8) is 0 Å². The van der Waals surface area contributed by atoms with Gasteiger partial charge in [0.05, 0.1) is 16.8 Å². The van der Waals surface area contributed by atoms with Crippen molar-refractivity contribution in [3.05, 3.63) is 35.9 Å². The molecule has 2 aromatic heterocycles. The minimum absolute atomic E-state index is 0.277. The van der Waals surface area contributed by atoms with Gasteiger partial charge in [-0.15, -0.1) is 0 Å². The fourth-order valence-corrected chi connectivity index (χ4v) is 4.76.